The van der Waals surface area contributed by atoms with Gasteiger partial charge in [0.2, 0.25) is 0 Å². The monoisotopic (exact) mass is 681 g/mol. The summed E-state index contributed by atoms with van der Waals surface area (Å²) in [5.41, 5.74) is 1.70. The Morgan fingerprint density at radius 2 is 1.61 bits per heavy atom. The summed E-state index contributed by atoms with van der Waals surface area (Å²) in [5.74, 6) is -2.40. The first-order valence-corrected chi connectivity index (χ1v) is 15.3. The molecule has 2 saturated heterocycles. The molecule has 0 radical (unpaired) electrons. The van der Waals surface area contributed by atoms with Gasteiger partial charge in [0.1, 0.15) is 11.4 Å². The Morgan fingerprint density at radius 1 is 0.976 bits per heavy atom. The van der Waals surface area contributed by atoms with Crippen molar-refractivity contribution in [3.8, 4) is 0 Å². The number of aromatic nitrogens is 1. The Hall–Kier alpha value is -2.70. The van der Waals surface area contributed by atoms with E-state index in [1.54, 1.807) is 44.9 Å². The lowest BCUT2D eigenvalue weighted by Crippen LogP contribution is -2.41. The molecule has 0 atom stereocenters. The molecular formula is C30H38F2IN5O3. The number of benzene rings is 1. The summed E-state index contributed by atoms with van der Waals surface area (Å²) in [5, 5.41) is 2.93. The van der Waals surface area contributed by atoms with Gasteiger partial charge >= 0.3 is 6.09 Å². The quantitative estimate of drug-likeness (QED) is 0.346. The number of hydrogen-bond acceptors (Lipinski definition) is 6. The molecule has 222 valence electrons. The van der Waals surface area contributed by atoms with Crippen LogP contribution in [0.15, 0.2) is 30.3 Å². The third-order valence-electron chi connectivity index (χ3n) is 8.25. The van der Waals surface area contributed by atoms with Crippen LogP contribution in [0.3, 0.4) is 0 Å². The average Bonchev–Trinajstić information content (AvgIpc) is 3.66. The molecule has 11 heteroatoms. The van der Waals surface area contributed by atoms with E-state index in [9.17, 15) is 18.4 Å². The van der Waals surface area contributed by atoms with Crippen LogP contribution in [0.4, 0.5) is 36.6 Å². The van der Waals surface area contributed by atoms with Crippen LogP contribution in [-0.4, -0.2) is 61.7 Å². The summed E-state index contributed by atoms with van der Waals surface area (Å²) >= 11 is 2.27. The molecule has 1 aliphatic carbocycles. The van der Waals surface area contributed by atoms with Gasteiger partial charge in [-0.1, -0.05) is 0 Å². The second-order valence-corrected chi connectivity index (χ2v) is 13.8. The number of pyridine rings is 1. The molecule has 1 N–H and O–H groups in total. The van der Waals surface area contributed by atoms with Crippen molar-refractivity contribution < 1.29 is 23.1 Å². The molecule has 1 aromatic heterocycles. The van der Waals surface area contributed by atoms with Crippen molar-refractivity contribution in [1.29, 1.82) is 0 Å². The van der Waals surface area contributed by atoms with Gasteiger partial charge in [-0.3, -0.25) is 9.69 Å². The number of rotatable bonds is 5. The maximum absolute atomic E-state index is 14.0. The fourth-order valence-corrected chi connectivity index (χ4v) is 6.00. The van der Waals surface area contributed by atoms with Crippen molar-refractivity contribution in [2.24, 2.45) is 5.41 Å². The van der Waals surface area contributed by atoms with E-state index in [0.717, 1.165) is 35.2 Å². The Balaban J connectivity index is 1.40. The van der Waals surface area contributed by atoms with Crippen LogP contribution < -0.4 is 20.0 Å². The molecule has 3 fully saturated rings. The smallest absolute Gasteiger partial charge is 0.414 e. The van der Waals surface area contributed by atoms with Crippen molar-refractivity contribution in [1.82, 2.24) is 4.98 Å². The van der Waals surface area contributed by atoms with Crippen molar-refractivity contribution in [3.05, 3.63) is 39.5 Å². The maximum Gasteiger partial charge on any atom is 0.414 e. The normalized spacial score (nSPS) is 19.6. The summed E-state index contributed by atoms with van der Waals surface area (Å²) in [6, 6.07) is 9.10. The van der Waals surface area contributed by atoms with Crippen LogP contribution in [0.2, 0.25) is 0 Å². The second kappa shape index (κ2) is 11.2. The van der Waals surface area contributed by atoms with Crippen LogP contribution in [0.25, 0.3) is 0 Å². The first-order valence-electron chi connectivity index (χ1n) is 14.2. The van der Waals surface area contributed by atoms with Gasteiger partial charge in [-0.05, 0) is 105 Å². The number of nitrogens with zero attached hydrogens (tertiary/aromatic N) is 4. The maximum atomic E-state index is 14.0. The van der Waals surface area contributed by atoms with E-state index in [0.29, 0.717) is 22.5 Å². The van der Waals surface area contributed by atoms with E-state index in [1.165, 1.54) is 17.7 Å². The zero-order valence-corrected chi connectivity index (χ0v) is 26.3. The Morgan fingerprint density at radius 3 is 2.22 bits per heavy atom. The van der Waals surface area contributed by atoms with Crippen LogP contribution in [0.1, 0.15) is 69.7 Å². The topological polar surface area (TPSA) is 78.0 Å². The molecule has 5 rings (SSSR count). The standard InChI is InChI=1S/C30H38F2IN5O3/c1-28(2,3)41-27(40)36(4)22-7-8-24(34-25(22)38-17-13-30(31,32)14-18-38)35-26(39)21-6-5-20(33)19-23(21)37-15-11-29(9-10-29)12-16-37/h5-8,19H,9-18H2,1-4H3,(H,34,35,39). The van der Waals surface area contributed by atoms with Gasteiger partial charge in [0, 0.05) is 49.6 Å². The third-order valence-corrected chi connectivity index (χ3v) is 8.92. The molecule has 3 aliphatic rings. The highest BCUT2D eigenvalue weighted by Gasteiger charge is 2.44. The lowest BCUT2D eigenvalue weighted by molar-refractivity contribution is -0.0221. The van der Waals surface area contributed by atoms with Gasteiger partial charge in [0.05, 0.1) is 16.9 Å². The first-order chi connectivity index (χ1) is 19.2. The minimum Gasteiger partial charge on any atom is -0.443 e. The third kappa shape index (κ3) is 7.03. The van der Waals surface area contributed by atoms with Crippen LogP contribution in [0.5, 0.6) is 0 Å². The zero-order chi connectivity index (χ0) is 29.6. The highest BCUT2D eigenvalue weighted by Crippen LogP contribution is 2.54. The van der Waals surface area contributed by atoms with Crippen molar-refractivity contribution >= 4 is 57.6 Å². The molecule has 2 aliphatic heterocycles. The largest absolute Gasteiger partial charge is 0.443 e. The van der Waals surface area contributed by atoms with Crippen LogP contribution >= 0.6 is 22.6 Å². The number of halogens is 3. The molecular weight excluding hydrogens is 643 g/mol. The lowest BCUT2D eigenvalue weighted by Gasteiger charge is -2.35. The van der Waals surface area contributed by atoms with E-state index in [-0.39, 0.29) is 37.7 Å². The Kier molecular flexibility index (Phi) is 8.12. The predicted molar refractivity (Wildman–Crippen MR) is 165 cm³/mol. The molecule has 2 amide bonds. The minimum absolute atomic E-state index is 0.0737. The molecule has 0 bridgehead atoms. The molecule has 1 saturated carbocycles. The van der Waals surface area contributed by atoms with Gasteiger partial charge in [-0.25, -0.2) is 18.6 Å². The predicted octanol–water partition coefficient (Wildman–Crippen LogP) is 6.93. The number of piperidine rings is 2. The highest BCUT2D eigenvalue weighted by atomic mass is 127. The summed E-state index contributed by atoms with van der Waals surface area (Å²) < 4.78 is 34.5. The number of carbonyl (C=O) groups excluding carboxylic acids is 2. The fraction of sp³-hybridized carbons (Fsp3) is 0.567. The van der Waals surface area contributed by atoms with Gasteiger partial charge in [0.25, 0.3) is 11.8 Å². The van der Waals surface area contributed by atoms with Crippen LogP contribution in [-0.2, 0) is 4.74 Å². The molecule has 2 aromatic rings. The molecule has 1 aromatic carbocycles. The average molecular weight is 682 g/mol. The lowest BCUT2D eigenvalue weighted by atomic mass is 9.93. The van der Waals surface area contributed by atoms with E-state index in [1.807, 2.05) is 18.2 Å². The second-order valence-electron chi connectivity index (χ2n) is 12.5. The molecule has 0 unspecified atom stereocenters. The van der Waals surface area contributed by atoms with Crippen molar-refractivity contribution in [2.45, 2.75) is 70.8 Å². The highest BCUT2D eigenvalue weighted by molar-refractivity contribution is 14.1. The van der Waals surface area contributed by atoms with E-state index in [4.69, 9.17) is 4.74 Å². The SMILES string of the molecule is CN(C(=O)OC(C)(C)C)c1ccc(NC(=O)c2ccc(I)cc2N2CCC3(CC2)CC3)nc1N1CCC(F)(F)CC1. The van der Waals surface area contributed by atoms with E-state index < -0.39 is 17.6 Å². The number of amides is 2. The number of carbonyl (C=O) groups is 2. The summed E-state index contributed by atoms with van der Waals surface area (Å²) in [6.45, 7) is 7.32. The molecule has 41 heavy (non-hydrogen) atoms. The van der Waals surface area contributed by atoms with E-state index >= 15 is 0 Å². The summed E-state index contributed by atoms with van der Waals surface area (Å²) in [7, 11) is 1.56. The number of alkyl halides is 2. The summed E-state index contributed by atoms with van der Waals surface area (Å²) in [4.78, 5) is 36.5. The van der Waals surface area contributed by atoms with Crippen molar-refractivity contribution in [2.75, 3.05) is 53.2 Å². The summed E-state index contributed by atoms with van der Waals surface area (Å²) in [6.07, 6.45) is 3.69. The van der Waals surface area contributed by atoms with Gasteiger partial charge < -0.3 is 19.9 Å². The fourth-order valence-electron chi connectivity index (χ4n) is 5.52. The Labute approximate surface area is 253 Å². The number of nitrogens with one attached hydrogen (secondary N) is 1. The number of anilines is 4. The van der Waals surface area contributed by atoms with Gasteiger partial charge in [-0.2, -0.15) is 0 Å². The van der Waals surface area contributed by atoms with Crippen molar-refractivity contribution in [3.63, 3.8) is 0 Å². The molecule has 1 spiro atoms. The number of ether oxygens (including phenoxy) is 1. The van der Waals surface area contributed by atoms with Crippen LogP contribution in [0, 0.1) is 8.99 Å². The minimum atomic E-state index is -2.74. The Bertz CT molecular complexity index is 1310. The number of hydrogen-bond donors (Lipinski definition) is 1. The molecule has 3 heterocycles. The van der Waals surface area contributed by atoms with Gasteiger partial charge in [0.15, 0.2) is 5.82 Å². The zero-order valence-electron chi connectivity index (χ0n) is 24.1. The van der Waals surface area contributed by atoms with E-state index in [2.05, 4.69) is 37.8 Å². The van der Waals surface area contributed by atoms with Gasteiger partial charge in [-0.15, -0.1) is 0 Å². The molecule has 8 nitrogen and oxygen atoms in total. The first kappa shape index (κ1) is 29.8.